The minimum Gasteiger partial charge on any atom is -0.384 e. The smallest absolute Gasteiger partial charge is 0.259 e. The number of carbonyl (C=O) groups is 3. The van der Waals surface area contributed by atoms with Gasteiger partial charge in [0.25, 0.3) is 11.8 Å². The number of rotatable bonds is 6. The maximum atomic E-state index is 12.9. The monoisotopic (exact) mass is 425 g/mol. The zero-order chi connectivity index (χ0) is 22.5. The predicted octanol–water partition coefficient (Wildman–Crippen LogP) is 0.660. The summed E-state index contributed by atoms with van der Waals surface area (Å²) in [5, 5.41) is 23.0. The first-order valence-corrected chi connectivity index (χ1v) is 9.50. The van der Waals surface area contributed by atoms with Crippen molar-refractivity contribution in [2.75, 3.05) is 28.7 Å². The van der Waals surface area contributed by atoms with Crippen LogP contribution in [0.4, 0.5) is 17.1 Å². The number of nitrogens with one attached hydrogen (secondary N) is 3. The van der Waals surface area contributed by atoms with Gasteiger partial charge in [-0.05, 0) is 42.5 Å². The second kappa shape index (κ2) is 9.37. The van der Waals surface area contributed by atoms with Gasteiger partial charge in [-0.25, -0.2) is 0 Å². The first kappa shape index (κ1) is 21.9. The van der Waals surface area contributed by atoms with Gasteiger partial charge in [0.15, 0.2) is 12.2 Å². The summed E-state index contributed by atoms with van der Waals surface area (Å²) in [6, 6.07) is 12.9. The van der Waals surface area contributed by atoms with Crippen molar-refractivity contribution in [3.8, 4) is 0 Å². The van der Waals surface area contributed by atoms with Crippen LogP contribution in [0.5, 0.6) is 0 Å². The molecule has 0 saturated carbocycles. The number of amidine groups is 1. The lowest BCUT2D eigenvalue weighted by Crippen LogP contribution is -2.55. The number of ether oxygens (including phenoxy) is 1. The van der Waals surface area contributed by atoms with Crippen LogP contribution in [0.2, 0.25) is 0 Å². The summed E-state index contributed by atoms with van der Waals surface area (Å²) in [5.41, 5.74) is 7.29. The Hall–Kier alpha value is -3.76. The van der Waals surface area contributed by atoms with Crippen molar-refractivity contribution in [3.63, 3.8) is 0 Å². The van der Waals surface area contributed by atoms with Crippen molar-refractivity contribution in [2.45, 2.75) is 19.1 Å². The Labute approximate surface area is 178 Å². The van der Waals surface area contributed by atoms with Crippen LogP contribution >= 0.6 is 0 Å². The summed E-state index contributed by atoms with van der Waals surface area (Å²) in [6.45, 7) is 1.74. The summed E-state index contributed by atoms with van der Waals surface area (Å²) in [7, 11) is 0. The van der Waals surface area contributed by atoms with E-state index in [1.165, 1.54) is 24.0 Å². The third-order valence-electron chi connectivity index (χ3n) is 4.62. The van der Waals surface area contributed by atoms with E-state index in [1.54, 1.807) is 36.4 Å². The molecule has 1 aliphatic rings. The molecule has 2 atom stereocenters. The first-order chi connectivity index (χ1) is 14.8. The zero-order valence-corrected chi connectivity index (χ0v) is 16.8. The lowest BCUT2D eigenvalue weighted by atomic mass is 10.1. The molecular weight excluding hydrogens is 402 g/mol. The molecule has 1 unspecified atom stereocenters. The molecule has 10 heteroatoms. The number of nitrogens with two attached hydrogens (primary N) is 1. The molecule has 1 heterocycles. The fourth-order valence-corrected chi connectivity index (χ4v) is 3.13. The quantitative estimate of drug-likeness (QED) is 0.338. The molecular formula is C21H23N5O5. The topological polar surface area (TPSA) is 158 Å². The van der Waals surface area contributed by atoms with E-state index in [4.69, 9.17) is 15.9 Å². The van der Waals surface area contributed by atoms with Gasteiger partial charge in [-0.1, -0.05) is 6.07 Å². The summed E-state index contributed by atoms with van der Waals surface area (Å²) < 4.78 is 5.39. The Morgan fingerprint density at radius 1 is 1.19 bits per heavy atom. The molecule has 3 rings (SSSR count). The third kappa shape index (κ3) is 5.24. The number of hydrogen-bond donors (Lipinski definition) is 5. The summed E-state index contributed by atoms with van der Waals surface area (Å²) in [4.78, 5) is 38.1. The molecule has 1 saturated heterocycles. The van der Waals surface area contributed by atoms with Crippen LogP contribution < -0.4 is 21.3 Å². The average Bonchev–Trinajstić information content (AvgIpc) is 2.73. The first-order valence-electron chi connectivity index (χ1n) is 9.50. The van der Waals surface area contributed by atoms with Gasteiger partial charge in [0, 0.05) is 36.1 Å². The van der Waals surface area contributed by atoms with E-state index < -0.39 is 24.0 Å². The number of aliphatic hydroxyl groups excluding tert-OH is 1. The van der Waals surface area contributed by atoms with Crippen LogP contribution in [0.3, 0.4) is 0 Å². The molecule has 1 aliphatic heterocycles. The van der Waals surface area contributed by atoms with Crippen LogP contribution in [-0.2, 0) is 19.1 Å². The van der Waals surface area contributed by atoms with Gasteiger partial charge in [-0.15, -0.1) is 0 Å². The van der Waals surface area contributed by atoms with Crippen LogP contribution in [0.25, 0.3) is 0 Å². The molecule has 10 nitrogen and oxygen atoms in total. The Morgan fingerprint density at radius 3 is 2.55 bits per heavy atom. The van der Waals surface area contributed by atoms with Crippen LogP contribution in [-0.4, -0.2) is 54.0 Å². The largest absolute Gasteiger partial charge is 0.384 e. The normalized spacial score (nSPS) is 17.0. The van der Waals surface area contributed by atoms with Crippen molar-refractivity contribution in [3.05, 3.63) is 54.1 Å². The molecule has 0 bridgehead atoms. The molecule has 2 aromatic rings. The fourth-order valence-electron chi connectivity index (χ4n) is 3.13. The van der Waals surface area contributed by atoms with Gasteiger partial charge in [0.05, 0.1) is 6.61 Å². The van der Waals surface area contributed by atoms with Crippen LogP contribution in [0.15, 0.2) is 48.5 Å². The highest BCUT2D eigenvalue weighted by Crippen LogP contribution is 2.24. The molecule has 0 aliphatic carbocycles. The zero-order valence-electron chi connectivity index (χ0n) is 16.8. The Morgan fingerprint density at radius 2 is 1.90 bits per heavy atom. The highest BCUT2D eigenvalue weighted by atomic mass is 16.5. The SMILES string of the molecule is CC(=O)Nc1cccc(N2CCOC([C@@H](O)C(=O)Nc3ccc(C(=N)N)cc3)C2=O)c1. The molecule has 1 fully saturated rings. The summed E-state index contributed by atoms with van der Waals surface area (Å²) in [5.74, 6) is -1.72. The van der Waals surface area contributed by atoms with Crippen LogP contribution in [0, 0.1) is 5.41 Å². The van der Waals surface area contributed by atoms with Crippen molar-refractivity contribution < 1.29 is 24.2 Å². The van der Waals surface area contributed by atoms with E-state index in [2.05, 4.69) is 10.6 Å². The van der Waals surface area contributed by atoms with E-state index in [0.717, 1.165) is 0 Å². The number of amides is 3. The summed E-state index contributed by atoms with van der Waals surface area (Å²) in [6.07, 6.45) is -3.11. The minimum atomic E-state index is -1.73. The van der Waals surface area contributed by atoms with Gasteiger partial charge in [-0.2, -0.15) is 0 Å². The van der Waals surface area contributed by atoms with E-state index in [9.17, 15) is 19.5 Å². The maximum absolute atomic E-state index is 12.9. The third-order valence-corrected chi connectivity index (χ3v) is 4.62. The van der Waals surface area contributed by atoms with Gasteiger partial charge >= 0.3 is 0 Å². The number of aliphatic hydroxyl groups is 1. The Bertz CT molecular complexity index is 1010. The standard InChI is InChI=1S/C21H23N5O5/c1-12(27)24-15-3-2-4-16(11-15)26-9-10-31-18(21(26)30)17(28)20(29)25-14-7-5-13(6-8-14)19(22)23/h2-8,11,17-18,28H,9-10H2,1H3,(H3,22,23)(H,24,27)(H,25,29)/t17-,18?/m1/s1. The maximum Gasteiger partial charge on any atom is 0.259 e. The van der Waals surface area contributed by atoms with Crippen molar-refractivity contribution in [1.29, 1.82) is 5.41 Å². The minimum absolute atomic E-state index is 0.109. The highest BCUT2D eigenvalue weighted by Gasteiger charge is 2.39. The second-order valence-corrected chi connectivity index (χ2v) is 6.94. The number of nitrogens with zero attached hydrogens (tertiary/aromatic N) is 1. The number of morpholine rings is 1. The molecule has 0 aromatic heterocycles. The van der Waals surface area contributed by atoms with E-state index >= 15 is 0 Å². The molecule has 2 aromatic carbocycles. The van der Waals surface area contributed by atoms with Gasteiger partial charge < -0.3 is 31.1 Å². The van der Waals surface area contributed by atoms with Crippen molar-refractivity contribution in [2.24, 2.45) is 5.73 Å². The second-order valence-electron chi connectivity index (χ2n) is 6.94. The van der Waals surface area contributed by atoms with E-state index in [1.807, 2.05) is 0 Å². The molecule has 31 heavy (non-hydrogen) atoms. The summed E-state index contributed by atoms with van der Waals surface area (Å²) >= 11 is 0. The average molecular weight is 425 g/mol. The van der Waals surface area contributed by atoms with Crippen molar-refractivity contribution in [1.82, 2.24) is 0 Å². The lowest BCUT2D eigenvalue weighted by Gasteiger charge is -2.34. The number of benzene rings is 2. The van der Waals surface area contributed by atoms with Crippen molar-refractivity contribution >= 4 is 40.6 Å². The molecule has 3 amide bonds. The van der Waals surface area contributed by atoms with Gasteiger partial charge in [-0.3, -0.25) is 19.8 Å². The Balaban J connectivity index is 1.70. The van der Waals surface area contributed by atoms with Gasteiger partial charge in [0.1, 0.15) is 5.84 Å². The number of hydrogen-bond acceptors (Lipinski definition) is 6. The fraction of sp³-hybridized carbons (Fsp3) is 0.238. The number of carbonyl (C=O) groups excluding carboxylic acids is 3. The number of nitrogen functional groups attached to an aromatic ring is 1. The highest BCUT2D eigenvalue weighted by molar-refractivity contribution is 6.04. The predicted molar refractivity (Wildman–Crippen MR) is 115 cm³/mol. The molecule has 0 radical (unpaired) electrons. The lowest BCUT2D eigenvalue weighted by molar-refractivity contribution is -0.150. The molecule has 162 valence electrons. The Kier molecular flexibility index (Phi) is 6.63. The molecule has 0 spiro atoms. The van der Waals surface area contributed by atoms with E-state index in [-0.39, 0.29) is 24.9 Å². The molecule has 6 N–H and O–H groups in total. The van der Waals surface area contributed by atoms with Gasteiger partial charge in [0.2, 0.25) is 5.91 Å². The number of anilines is 3. The van der Waals surface area contributed by atoms with E-state index in [0.29, 0.717) is 22.6 Å². The van der Waals surface area contributed by atoms with Crippen LogP contribution in [0.1, 0.15) is 12.5 Å².